The molecule has 0 aliphatic rings. The molecule has 0 fully saturated rings. The van der Waals surface area contributed by atoms with Gasteiger partial charge in [-0.05, 0) is 36.8 Å². The van der Waals surface area contributed by atoms with Crippen LogP contribution in [-0.2, 0) is 0 Å². The van der Waals surface area contributed by atoms with Crippen molar-refractivity contribution in [3.05, 3.63) is 59.4 Å². The fraction of sp³-hybridized carbons (Fsp3) is 0.133. The number of hydrogen-bond donors (Lipinski definition) is 3. The van der Waals surface area contributed by atoms with E-state index in [0.29, 0.717) is 0 Å². The van der Waals surface area contributed by atoms with Crippen LogP contribution in [0.2, 0.25) is 0 Å². The fourth-order valence-corrected chi connectivity index (χ4v) is 1.61. The van der Waals surface area contributed by atoms with Gasteiger partial charge in [-0.2, -0.15) is 0 Å². The highest BCUT2D eigenvalue weighted by molar-refractivity contribution is 5.96. The molecule has 0 bridgehead atoms. The van der Waals surface area contributed by atoms with E-state index in [4.69, 9.17) is 10.2 Å². The van der Waals surface area contributed by atoms with E-state index >= 15 is 0 Å². The lowest BCUT2D eigenvalue weighted by Crippen LogP contribution is -2.06. The number of hydrogen-bond acceptors (Lipinski definition) is 4. The Kier molecular flexibility index (Phi) is 5.88. The van der Waals surface area contributed by atoms with Gasteiger partial charge in [0, 0.05) is 19.4 Å². The van der Waals surface area contributed by atoms with Gasteiger partial charge in [-0.1, -0.05) is 6.07 Å². The maximum atomic E-state index is 10.6. The molecular formula is C15H16N2O4. The van der Waals surface area contributed by atoms with Gasteiger partial charge in [0.05, 0.1) is 16.8 Å². The molecule has 6 heteroatoms. The molecule has 0 spiro atoms. The summed E-state index contributed by atoms with van der Waals surface area (Å²) in [6.07, 6.45) is 3.53. The highest BCUT2D eigenvalue weighted by Gasteiger charge is 2.13. The summed E-state index contributed by atoms with van der Waals surface area (Å²) in [5.41, 5.74) is 1.38. The highest BCUT2D eigenvalue weighted by atomic mass is 16.4. The summed E-state index contributed by atoms with van der Waals surface area (Å²) < 4.78 is 0. The normalized spacial score (nSPS) is 9.24. The van der Waals surface area contributed by atoms with Gasteiger partial charge in [-0.3, -0.25) is 4.98 Å². The third kappa shape index (κ3) is 4.61. The standard InChI is InChI=1S/C9H8O4.C6H8N2/c1-5-6(8(10)11)3-2-4-7(5)9(12)13;1-7-6-3-2-4-8-5-6/h2-4H,1H3,(H,10,11)(H,12,13);2-5,7H,1H3. The van der Waals surface area contributed by atoms with Crippen LogP contribution in [0.3, 0.4) is 0 Å². The van der Waals surface area contributed by atoms with Crippen molar-refractivity contribution in [2.75, 3.05) is 12.4 Å². The molecular weight excluding hydrogens is 272 g/mol. The summed E-state index contributed by atoms with van der Waals surface area (Å²) in [6.45, 7) is 1.48. The molecule has 0 aliphatic carbocycles. The average molecular weight is 288 g/mol. The second kappa shape index (κ2) is 7.64. The lowest BCUT2D eigenvalue weighted by molar-refractivity contribution is 0.0696. The minimum absolute atomic E-state index is 0.0277. The molecule has 6 nitrogen and oxygen atoms in total. The van der Waals surface area contributed by atoms with E-state index in [9.17, 15) is 9.59 Å². The molecule has 1 aromatic heterocycles. The van der Waals surface area contributed by atoms with Crippen LogP contribution in [0.5, 0.6) is 0 Å². The van der Waals surface area contributed by atoms with Gasteiger partial charge in [-0.15, -0.1) is 0 Å². The summed E-state index contributed by atoms with van der Waals surface area (Å²) in [4.78, 5) is 25.1. The molecule has 1 aromatic carbocycles. The van der Waals surface area contributed by atoms with Crippen LogP contribution in [0, 0.1) is 6.92 Å². The Labute approximate surface area is 122 Å². The lowest BCUT2D eigenvalue weighted by Gasteiger charge is -2.03. The third-order valence-corrected chi connectivity index (χ3v) is 2.74. The molecule has 1 heterocycles. The average Bonchev–Trinajstić information content (AvgIpc) is 2.48. The maximum absolute atomic E-state index is 10.6. The summed E-state index contributed by atoms with van der Waals surface area (Å²) >= 11 is 0. The number of aromatic carboxylic acids is 2. The van der Waals surface area contributed by atoms with Crippen molar-refractivity contribution in [1.82, 2.24) is 4.98 Å². The zero-order chi connectivity index (χ0) is 15.8. The number of nitrogens with one attached hydrogen (secondary N) is 1. The summed E-state index contributed by atoms with van der Waals surface area (Å²) in [6, 6.07) is 8.03. The molecule has 0 atom stereocenters. The van der Waals surface area contributed by atoms with E-state index in [1.54, 1.807) is 12.4 Å². The van der Waals surface area contributed by atoms with Crippen LogP contribution in [0.1, 0.15) is 26.3 Å². The molecule has 0 saturated heterocycles. The van der Waals surface area contributed by atoms with Gasteiger partial charge < -0.3 is 15.5 Å². The second-order valence-electron chi connectivity index (χ2n) is 4.08. The first-order valence-corrected chi connectivity index (χ1v) is 6.11. The topological polar surface area (TPSA) is 99.5 Å². The molecule has 21 heavy (non-hydrogen) atoms. The molecule has 2 aromatic rings. The Morgan fingerprint density at radius 1 is 1.05 bits per heavy atom. The van der Waals surface area contributed by atoms with Crippen LogP contribution in [0.15, 0.2) is 42.7 Å². The highest BCUT2D eigenvalue weighted by Crippen LogP contribution is 2.13. The van der Waals surface area contributed by atoms with Gasteiger partial charge in [0.25, 0.3) is 0 Å². The van der Waals surface area contributed by atoms with Crippen molar-refractivity contribution >= 4 is 17.6 Å². The van der Waals surface area contributed by atoms with E-state index < -0.39 is 11.9 Å². The van der Waals surface area contributed by atoms with Gasteiger partial charge in [-0.25, -0.2) is 9.59 Å². The molecule has 0 amide bonds. The Morgan fingerprint density at radius 2 is 1.62 bits per heavy atom. The van der Waals surface area contributed by atoms with Gasteiger partial charge in [0.1, 0.15) is 0 Å². The second-order valence-corrected chi connectivity index (χ2v) is 4.08. The molecule has 2 rings (SSSR count). The summed E-state index contributed by atoms with van der Waals surface area (Å²) in [5, 5.41) is 20.3. The summed E-state index contributed by atoms with van der Waals surface area (Å²) in [5.74, 6) is -2.22. The summed E-state index contributed by atoms with van der Waals surface area (Å²) in [7, 11) is 1.87. The largest absolute Gasteiger partial charge is 0.478 e. The predicted octanol–water partition coefficient (Wildman–Crippen LogP) is 2.51. The number of carboxylic acids is 2. The minimum atomic E-state index is -1.11. The Balaban J connectivity index is 0.000000235. The van der Waals surface area contributed by atoms with Crippen molar-refractivity contribution in [2.24, 2.45) is 0 Å². The number of carbonyl (C=O) groups is 2. The van der Waals surface area contributed by atoms with Gasteiger partial charge in [0.2, 0.25) is 0 Å². The number of rotatable bonds is 3. The van der Waals surface area contributed by atoms with E-state index in [1.807, 2.05) is 19.2 Å². The Hall–Kier alpha value is -2.89. The lowest BCUT2D eigenvalue weighted by atomic mass is 10.0. The number of pyridine rings is 1. The number of nitrogens with zero attached hydrogens (tertiary/aromatic N) is 1. The fourth-order valence-electron chi connectivity index (χ4n) is 1.61. The van der Waals surface area contributed by atoms with Gasteiger partial charge in [0.15, 0.2) is 0 Å². The van der Waals surface area contributed by atoms with Crippen LogP contribution < -0.4 is 5.32 Å². The minimum Gasteiger partial charge on any atom is -0.478 e. The predicted molar refractivity (Wildman–Crippen MR) is 78.9 cm³/mol. The van der Waals surface area contributed by atoms with Crippen molar-refractivity contribution in [2.45, 2.75) is 6.92 Å². The Bertz CT molecular complexity index is 595. The zero-order valence-electron chi connectivity index (χ0n) is 11.7. The van der Waals surface area contributed by atoms with Crippen LogP contribution in [-0.4, -0.2) is 34.2 Å². The molecule has 0 unspecified atom stereocenters. The first-order valence-electron chi connectivity index (χ1n) is 6.11. The smallest absolute Gasteiger partial charge is 0.335 e. The third-order valence-electron chi connectivity index (χ3n) is 2.74. The number of carboxylic acid groups (broad SMARTS) is 2. The van der Waals surface area contributed by atoms with E-state index in [-0.39, 0.29) is 16.7 Å². The van der Waals surface area contributed by atoms with Crippen molar-refractivity contribution in [1.29, 1.82) is 0 Å². The first-order chi connectivity index (χ1) is 9.97. The Morgan fingerprint density at radius 3 is 1.95 bits per heavy atom. The maximum Gasteiger partial charge on any atom is 0.335 e. The van der Waals surface area contributed by atoms with E-state index in [1.165, 1.54) is 25.1 Å². The quantitative estimate of drug-likeness (QED) is 0.802. The molecule has 0 aliphatic heterocycles. The SMILES string of the molecule is CNc1cccnc1.Cc1c(C(=O)O)cccc1C(=O)O. The number of aromatic nitrogens is 1. The van der Waals surface area contributed by atoms with Crippen LogP contribution in [0.25, 0.3) is 0 Å². The van der Waals surface area contributed by atoms with E-state index in [0.717, 1.165) is 5.69 Å². The zero-order valence-corrected chi connectivity index (χ0v) is 11.7. The van der Waals surface area contributed by atoms with E-state index in [2.05, 4.69) is 10.3 Å². The van der Waals surface area contributed by atoms with Gasteiger partial charge >= 0.3 is 11.9 Å². The van der Waals surface area contributed by atoms with Crippen LogP contribution in [0.4, 0.5) is 5.69 Å². The van der Waals surface area contributed by atoms with Crippen LogP contribution >= 0.6 is 0 Å². The molecule has 0 saturated carbocycles. The molecule has 110 valence electrons. The molecule has 0 radical (unpaired) electrons. The number of benzene rings is 1. The van der Waals surface area contributed by atoms with Crippen molar-refractivity contribution in [3.63, 3.8) is 0 Å². The molecule has 3 N–H and O–H groups in total. The van der Waals surface area contributed by atoms with Crippen molar-refractivity contribution < 1.29 is 19.8 Å². The monoisotopic (exact) mass is 288 g/mol. The first kappa shape index (κ1) is 16.2. The number of anilines is 1. The van der Waals surface area contributed by atoms with Crippen molar-refractivity contribution in [3.8, 4) is 0 Å².